The molecule has 1 heterocycles. The Hall–Kier alpha value is -1.36. The molecule has 0 aliphatic carbocycles. The molecule has 1 unspecified atom stereocenters. The van der Waals surface area contributed by atoms with Gasteiger partial charge in [-0.15, -0.1) is 0 Å². The topological polar surface area (TPSA) is 36.7 Å². The molecule has 0 aromatic carbocycles. The second-order valence-corrected chi connectivity index (χ2v) is 2.37. The molecule has 0 N–H and O–H groups in total. The van der Waals surface area contributed by atoms with Crippen molar-refractivity contribution in [3.05, 3.63) is 30.1 Å². The summed E-state index contributed by atoms with van der Waals surface area (Å²) >= 11 is 0. The summed E-state index contributed by atoms with van der Waals surface area (Å²) in [5.74, 6) is 0.0259. The number of nitriles is 1. The van der Waals surface area contributed by atoms with Gasteiger partial charge in [0.25, 0.3) is 0 Å². The molecule has 2 nitrogen and oxygen atoms in total. The smallest absolute Gasteiger partial charge is 0.0711 e. The first kappa shape index (κ1) is 7.74. The monoisotopic (exact) mass is 146 g/mol. The van der Waals surface area contributed by atoms with Crippen LogP contribution in [-0.2, 0) is 0 Å². The van der Waals surface area contributed by atoms with Crippen molar-refractivity contribution in [2.45, 2.75) is 19.3 Å². The van der Waals surface area contributed by atoms with Crippen molar-refractivity contribution >= 4 is 0 Å². The van der Waals surface area contributed by atoms with Crippen molar-refractivity contribution in [1.29, 1.82) is 5.26 Å². The van der Waals surface area contributed by atoms with Gasteiger partial charge in [0.1, 0.15) is 0 Å². The van der Waals surface area contributed by atoms with Gasteiger partial charge in [0.05, 0.1) is 12.0 Å². The lowest BCUT2D eigenvalue weighted by atomic mass is 10.00. The highest BCUT2D eigenvalue weighted by molar-refractivity contribution is 5.21. The van der Waals surface area contributed by atoms with E-state index >= 15 is 0 Å². The maximum absolute atomic E-state index is 8.71. The van der Waals surface area contributed by atoms with Crippen LogP contribution < -0.4 is 0 Å². The van der Waals surface area contributed by atoms with E-state index in [-0.39, 0.29) is 5.92 Å². The van der Waals surface area contributed by atoms with Gasteiger partial charge in [-0.2, -0.15) is 5.26 Å². The number of aromatic nitrogens is 1. The molecule has 0 spiro atoms. The molecule has 11 heavy (non-hydrogen) atoms. The molecule has 0 aliphatic heterocycles. The molecule has 0 aliphatic rings. The Morgan fingerprint density at radius 2 is 2.18 bits per heavy atom. The molecule has 1 aromatic rings. The summed E-state index contributed by atoms with van der Waals surface area (Å²) in [5.41, 5.74) is 1.06. The number of hydrogen-bond donors (Lipinski definition) is 0. The minimum atomic E-state index is 0.0259. The number of pyridine rings is 1. The zero-order valence-corrected chi connectivity index (χ0v) is 6.49. The van der Waals surface area contributed by atoms with Gasteiger partial charge in [-0.25, -0.2) is 0 Å². The third-order valence-corrected chi connectivity index (χ3v) is 1.67. The molecule has 0 amide bonds. The van der Waals surface area contributed by atoms with Gasteiger partial charge >= 0.3 is 0 Å². The minimum Gasteiger partial charge on any atom is -0.265 e. The Balaban J connectivity index is 2.85. The van der Waals surface area contributed by atoms with E-state index in [1.54, 1.807) is 12.4 Å². The van der Waals surface area contributed by atoms with E-state index in [0.29, 0.717) is 0 Å². The third-order valence-electron chi connectivity index (χ3n) is 1.67. The number of nitrogens with zero attached hydrogens (tertiary/aromatic N) is 2. The highest BCUT2D eigenvalue weighted by Crippen LogP contribution is 2.16. The average Bonchev–Trinajstić information content (AvgIpc) is 2.09. The summed E-state index contributed by atoms with van der Waals surface area (Å²) < 4.78 is 0. The lowest BCUT2D eigenvalue weighted by Gasteiger charge is -2.03. The molecular formula is C9H10N2. The van der Waals surface area contributed by atoms with Crippen molar-refractivity contribution in [1.82, 2.24) is 4.98 Å². The van der Waals surface area contributed by atoms with E-state index < -0.39 is 0 Å². The van der Waals surface area contributed by atoms with Crippen LogP contribution in [0.15, 0.2) is 24.5 Å². The predicted octanol–water partition coefficient (Wildman–Crippen LogP) is 2.10. The lowest BCUT2D eigenvalue weighted by Crippen LogP contribution is -1.92. The van der Waals surface area contributed by atoms with Crippen molar-refractivity contribution < 1.29 is 0 Å². The Morgan fingerprint density at radius 1 is 1.55 bits per heavy atom. The first-order valence-corrected chi connectivity index (χ1v) is 3.68. The Bertz CT molecular complexity index is 248. The Kier molecular flexibility index (Phi) is 2.62. The summed E-state index contributed by atoms with van der Waals surface area (Å²) in [7, 11) is 0. The van der Waals surface area contributed by atoms with Crippen LogP contribution in [0.4, 0.5) is 0 Å². The minimum absolute atomic E-state index is 0.0259. The quantitative estimate of drug-likeness (QED) is 0.640. The number of rotatable bonds is 2. The Morgan fingerprint density at radius 3 is 2.64 bits per heavy atom. The van der Waals surface area contributed by atoms with Crippen molar-refractivity contribution in [2.75, 3.05) is 0 Å². The SMILES string of the molecule is CCC(C#N)c1ccncc1. The van der Waals surface area contributed by atoms with Crippen LogP contribution in [0.1, 0.15) is 24.8 Å². The second-order valence-electron chi connectivity index (χ2n) is 2.37. The fraction of sp³-hybridized carbons (Fsp3) is 0.333. The van der Waals surface area contributed by atoms with Crippen LogP contribution >= 0.6 is 0 Å². The zero-order chi connectivity index (χ0) is 8.10. The molecule has 2 heteroatoms. The van der Waals surface area contributed by atoms with Gasteiger partial charge in [0, 0.05) is 12.4 Å². The van der Waals surface area contributed by atoms with Crippen LogP contribution in [0.25, 0.3) is 0 Å². The largest absolute Gasteiger partial charge is 0.265 e. The first-order chi connectivity index (χ1) is 5.38. The van der Waals surface area contributed by atoms with Crippen LogP contribution in [-0.4, -0.2) is 4.98 Å². The van der Waals surface area contributed by atoms with E-state index in [1.165, 1.54) is 0 Å². The standard InChI is InChI=1S/C9H10N2/c1-2-8(7-10)9-3-5-11-6-4-9/h3-6,8H,2H2,1H3. The number of hydrogen-bond acceptors (Lipinski definition) is 2. The molecule has 0 saturated heterocycles. The molecule has 1 atom stereocenters. The highest BCUT2D eigenvalue weighted by Gasteiger charge is 2.05. The molecule has 1 aromatic heterocycles. The molecular weight excluding hydrogens is 136 g/mol. The first-order valence-electron chi connectivity index (χ1n) is 3.68. The second kappa shape index (κ2) is 3.72. The van der Waals surface area contributed by atoms with E-state index in [0.717, 1.165) is 12.0 Å². The Labute approximate surface area is 66.5 Å². The predicted molar refractivity (Wildman–Crippen MR) is 42.9 cm³/mol. The summed E-state index contributed by atoms with van der Waals surface area (Å²) in [6.45, 7) is 2.01. The summed E-state index contributed by atoms with van der Waals surface area (Å²) in [5, 5.41) is 8.71. The summed E-state index contributed by atoms with van der Waals surface area (Å²) in [6.07, 6.45) is 4.30. The zero-order valence-electron chi connectivity index (χ0n) is 6.49. The van der Waals surface area contributed by atoms with E-state index in [4.69, 9.17) is 5.26 Å². The van der Waals surface area contributed by atoms with Gasteiger partial charge in [-0.3, -0.25) is 4.98 Å². The molecule has 0 bridgehead atoms. The van der Waals surface area contributed by atoms with Gasteiger partial charge < -0.3 is 0 Å². The fourth-order valence-corrected chi connectivity index (χ4v) is 0.997. The highest BCUT2D eigenvalue weighted by atomic mass is 14.6. The van der Waals surface area contributed by atoms with Crippen LogP contribution in [0.5, 0.6) is 0 Å². The molecule has 0 radical (unpaired) electrons. The third kappa shape index (κ3) is 1.78. The van der Waals surface area contributed by atoms with Gasteiger partial charge in [0.15, 0.2) is 0 Å². The van der Waals surface area contributed by atoms with Crippen LogP contribution in [0.2, 0.25) is 0 Å². The van der Waals surface area contributed by atoms with E-state index in [1.807, 2.05) is 19.1 Å². The van der Waals surface area contributed by atoms with E-state index in [9.17, 15) is 0 Å². The van der Waals surface area contributed by atoms with Crippen LogP contribution in [0.3, 0.4) is 0 Å². The van der Waals surface area contributed by atoms with Gasteiger partial charge in [-0.1, -0.05) is 6.92 Å². The van der Waals surface area contributed by atoms with Crippen molar-refractivity contribution in [2.24, 2.45) is 0 Å². The van der Waals surface area contributed by atoms with Crippen molar-refractivity contribution in [3.63, 3.8) is 0 Å². The molecule has 1 rings (SSSR count). The molecule has 56 valence electrons. The van der Waals surface area contributed by atoms with Gasteiger partial charge in [0.2, 0.25) is 0 Å². The fourth-order valence-electron chi connectivity index (χ4n) is 0.997. The van der Waals surface area contributed by atoms with E-state index in [2.05, 4.69) is 11.1 Å². The maximum Gasteiger partial charge on any atom is 0.0711 e. The maximum atomic E-state index is 8.71. The van der Waals surface area contributed by atoms with Crippen LogP contribution in [0, 0.1) is 11.3 Å². The lowest BCUT2D eigenvalue weighted by molar-refractivity contribution is 0.816. The van der Waals surface area contributed by atoms with Gasteiger partial charge in [-0.05, 0) is 24.1 Å². The average molecular weight is 146 g/mol. The summed E-state index contributed by atoms with van der Waals surface area (Å²) in [4.78, 5) is 3.89. The molecule has 0 saturated carbocycles. The molecule has 0 fully saturated rings. The normalized spacial score (nSPS) is 12.0. The summed E-state index contributed by atoms with van der Waals surface area (Å²) in [6, 6.07) is 6.01. The van der Waals surface area contributed by atoms with Crippen molar-refractivity contribution in [3.8, 4) is 6.07 Å².